The minimum absolute atomic E-state index is 0.0730. The Morgan fingerprint density at radius 2 is 1.74 bits per heavy atom. The van der Waals surface area contributed by atoms with Crippen molar-refractivity contribution in [3.8, 4) is 11.6 Å². The predicted molar refractivity (Wildman–Crippen MR) is 137 cm³/mol. The SMILES string of the molecule is CN(Cc1ccccc1)C(=O)c1cnc(Nc2cccnc2Oc2ccccc2C(C)(C)C)s1. The Morgan fingerprint density at radius 3 is 2.50 bits per heavy atom. The summed E-state index contributed by atoms with van der Waals surface area (Å²) in [5.41, 5.74) is 2.77. The number of benzene rings is 2. The molecule has 0 saturated carbocycles. The van der Waals surface area contributed by atoms with Gasteiger partial charge < -0.3 is 15.0 Å². The van der Waals surface area contributed by atoms with Gasteiger partial charge in [-0.3, -0.25) is 4.79 Å². The van der Waals surface area contributed by atoms with Gasteiger partial charge in [0.15, 0.2) is 5.13 Å². The molecule has 6 nitrogen and oxygen atoms in total. The van der Waals surface area contributed by atoms with E-state index in [4.69, 9.17) is 4.74 Å². The molecule has 2 heterocycles. The first-order valence-electron chi connectivity index (χ1n) is 11.1. The summed E-state index contributed by atoms with van der Waals surface area (Å²) in [4.78, 5) is 24.0. The summed E-state index contributed by atoms with van der Waals surface area (Å²) in [6, 6.07) is 21.6. The quantitative estimate of drug-likeness (QED) is 0.326. The average molecular weight is 473 g/mol. The molecule has 174 valence electrons. The summed E-state index contributed by atoms with van der Waals surface area (Å²) in [7, 11) is 1.79. The van der Waals surface area contributed by atoms with Crippen LogP contribution in [0.3, 0.4) is 0 Å². The third-order valence-electron chi connectivity index (χ3n) is 5.24. The van der Waals surface area contributed by atoms with E-state index >= 15 is 0 Å². The normalized spacial score (nSPS) is 11.2. The van der Waals surface area contributed by atoms with Crippen LogP contribution >= 0.6 is 11.3 Å². The zero-order chi connectivity index (χ0) is 24.1. The Kier molecular flexibility index (Phi) is 6.93. The maximum Gasteiger partial charge on any atom is 0.265 e. The number of para-hydroxylation sites is 1. The standard InChI is InChI=1S/C27H28N4O2S/c1-27(2,3)20-13-8-9-15-22(20)33-24-21(14-10-16-28-24)30-26-29-17-23(34-26)25(32)31(4)18-19-11-6-5-7-12-19/h5-17H,18H2,1-4H3,(H,29,30). The van der Waals surface area contributed by atoms with Crippen LogP contribution in [0, 0.1) is 0 Å². The van der Waals surface area contributed by atoms with Crippen LogP contribution < -0.4 is 10.1 Å². The van der Waals surface area contributed by atoms with Gasteiger partial charge in [0.05, 0.1) is 6.20 Å². The molecule has 4 rings (SSSR count). The third kappa shape index (κ3) is 5.61. The van der Waals surface area contributed by atoms with Crippen LogP contribution in [0.4, 0.5) is 10.8 Å². The number of nitrogens with zero attached hydrogens (tertiary/aromatic N) is 3. The largest absolute Gasteiger partial charge is 0.437 e. The number of amides is 1. The van der Waals surface area contributed by atoms with Crippen molar-refractivity contribution in [3.63, 3.8) is 0 Å². The number of rotatable bonds is 7. The summed E-state index contributed by atoms with van der Waals surface area (Å²) in [5.74, 6) is 1.13. The fourth-order valence-electron chi connectivity index (χ4n) is 3.51. The first kappa shape index (κ1) is 23.4. The van der Waals surface area contributed by atoms with Crippen molar-refractivity contribution in [1.82, 2.24) is 14.9 Å². The molecule has 0 aliphatic heterocycles. The van der Waals surface area contributed by atoms with Crippen molar-refractivity contribution >= 4 is 28.1 Å². The van der Waals surface area contributed by atoms with Crippen molar-refractivity contribution in [2.45, 2.75) is 32.7 Å². The zero-order valence-electron chi connectivity index (χ0n) is 19.8. The molecule has 0 radical (unpaired) electrons. The second kappa shape index (κ2) is 10.1. The van der Waals surface area contributed by atoms with Gasteiger partial charge in [-0.25, -0.2) is 9.97 Å². The van der Waals surface area contributed by atoms with Gasteiger partial charge in [0.2, 0.25) is 5.88 Å². The maximum atomic E-state index is 12.9. The lowest BCUT2D eigenvalue weighted by Gasteiger charge is -2.22. The van der Waals surface area contributed by atoms with Gasteiger partial charge >= 0.3 is 0 Å². The molecular formula is C27H28N4O2S. The molecule has 1 amide bonds. The highest BCUT2D eigenvalue weighted by Crippen LogP contribution is 2.36. The number of hydrogen-bond acceptors (Lipinski definition) is 6. The van der Waals surface area contributed by atoms with Gasteiger partial charge in [-0.2, -0.15) is 0 Å². The van der Waals surface area contributed by atoms with Crippen molar-refractivity contribution in [2.75, 3.05) is 12.4 Å². The topological polar surface area (TPSA) is 67.4 Å². The van der Waals surface area contributed by atoms with E-state index in [1.807, 2.05) is 60.7 Å². The van der Waals surface area contributed by atoms with Crippen LogP contribution in [0.1, 0.15) is 41.6 Å². The van der Waals surface area contributed by atoms with Gasteiger partial charge in [0.25, 0.3) is 5.91 Å². The van der Waals surface area contributed by atoms with Gasteiger partial charge in [-0.05, 0) is 29.2 Å². The number of pyridine rings is 1. The van der Waals surface area contributed by atoms with E-state index in [9.17, 15) is 4.79 Å². The molecule has 0 spiro atoms. The van der Waals surface area contributed by atoms with E-state index in [0.29, 0.717) is 28.1 Å². The molecule has 0 saturated heterocycles. The first-order valence-corrected chi connectivity index (χ1v) is 11.9. The zero-order valence-corrected chi connectivity index (χ0v) is 20.6. The van der Waals surface area contributed by atoms with E-state index in [-0.39, 0.29) is 11.3 Å². The van der Waals surface area contributed by atoms with E-state index in [1.165, 1.54) is 11.3 Å². The fourth-order valence-corrected chi connectivity index (χ4v) is 4.33. The number of thiazole rings is 1. The average Bonchev–Trinajstić information content (AvgIpc) is 3.28. The van der Waals surface area contributed by atoms with E-state index in [1.54, 1.807) is 24.3 Å². The summed E-state index contributed by atoms with van der Waals surface area (Å²) in [6.07, 6.45) is 3.29. The summed E-state index contributed by atoms with van der Waals surface area (Å²) in [5, 5.41) is 3.86. The van der Waals surface area contributed by atoms with Crippen LogP contribution in [-0.4, -0.2) is 27.8 Å². The van der Waals surface area contributed by atoms with Crippen LogP contribution in [-0.2, 0) is 12.0 Å². The lowest BCUT2D eigenvalue weighted by atomic mass is 9.86. The highest BCUT2D eigenvalue weighted by Gasteiger charge is 2.20. The number of carbonyl (C=O) groups is 1. The van der Waals surface area contributed by atoms with Gasteiger partial charge in [0, 0.05) is 25.4 Å². The molecule has 1 N–H and O–H groups in total. The van der Waals surface area contributed by atoms with Crippen LogP contribution in [0.5, 0.6) is 11.6 Å². The Bertz CT molecular complexity index is 1260. The number of hydrogen-bond donors (Lipinski definition) is 1. The Balaban J connectivity index is 1.50. The molecule has 0 unspecified atom stereocenters. The van der Waals surface area contributed by atoms with E-state index in [0.717, 1.165) is 16.9 Å². The summed E-state index contributed by atoms with van der Waals surface area (Å²) < 4.78 is 6.23. The number of ether oxygens (including phenoxy) is 1. The Labute approximate surface area is 204 Å². The molecule has 2 aromatic carbocycles. The lowest BCUT2D eigenvalue weighted by molar-refractivity contribution is 0.0789. The Hall–Kier alpha value is -3.71. The first-order chi connectivity index (χ1) is 16.3. The van der Waals surface area contributed by atoms with Crippen molar-refractivity contribution in [2.24, 2.45) is 0 Å². The third-order valence-corrected chi connectivity index (χ3v) is 6.14. The van der Waals surface area contributed by atoms with Crippen LogP contribution in [0.2, 0.25) is 0 Å². The molecular weight excluding hydrogens is 444 g/mol. The molecule has 34 heavy (non-hydrogen) atoms. The van der Waals surface area contributed by atoms with Crippen LogP contribution in [0.15, 0.2) is 79.1 Å². The number of nitrogens with one attached hydrogen (secondary N) is 1. The van der Waals surface area contributed by atoms with Gasteiger partial charge in [-0.15, -0.1) is 0 Å². The minimum Gasteiger partial charge on any atom is -0.437 e. The van der Waals surface area contributed by atoms with Gasteiger partial charge in [-0.1, -0.05) is 80.6 Å². The van der Waals surface area contributed by atoms with E-state index < -0.39 is 0 Å². The maximum absolute atomic E-state index is 12.9. The second-order valence-electron chi connectivity index (χ2n) is 9.01. The molecule has 0 aliphatic carbocycles. The van der Waals surface area contributed by atoms with Crippen molar-refractivity contribution in [1.29, 1.82) is 0 Å². The number of anilines is 2. The van der Waals surface area contributed by atoms with Crippen molar-refractivity contribution < 1.29 is 9.53 Å². The number of aromatic nitrogens is 2. The van der Waals surface area contributed by atoms with E-state index in [2.05, 4.69) is 42.1 Å². The molecule has 4 aromatic rings. The van der Waals surface area contributed by atoms with Crippen molar-refractivity contribution in [3.05, 3.63) is 95.1 Å². The van der Waals surface area contributed by atoms with Gasteiger partial charge in [0.1, 0.15) is 16.3 Å². The lowest BCUT2D eigenvalue weighted by Crippen LogP contribution is -2.25. The van der Waals surface area contributed by atoms with Crippen LogP contribution in [0.25, 0.3) is 0 Å². The molecule has 2 aromatic heterocycles. The highest BCUT2D eigenvalue weighted by molar-refractivity contribution is 7.17. The number of carbonyl (C=O) groups excluding carboxylic acids is 1. The second-order valence-corrected chi connectivity index (χ2v) is 10.0. The molecule has 0 fully saturated rings. The predicted octanol–water partition coefficient (Wildman–Crippen LogP) is 6.64. The molecule has 7 heteroatoms. The highest BCUT2D eigenvalue weighted by atomic mass is 32.1. The Morgan fingerprint density at radius 1 is 1.00 bits per heavy atom. The monoisotopic (exact) mass is 472 g/mol. The molecule has 0 atom stereocenters. The molecule has 0 aliphatic rings. The fraction of sp³-hybridized carbons (Fsp3) is 0.222. The summed E-state index contributed by atoms with van der Waals surface area (Å²) in [6.45, 7) is 6.98. The molecule has 0 bridgehead atoms. The minimum atomic E-state index is -0.0741. The smallest absolute Gasteiger partial charge is 0.265 e. The summed E-state index contributed by atoms with van der Waals surface area (Å²) >= 11 is 1.30.